The lowest BCUT2D eigenvalue weighted by Crippen LogP contribution is -2.06. The summed E-state index contributed by atoms with van der Waals surface area (Å²) in [6, 6.07) is 0. The minimum atomic E-state index is 0.418. The highest BCUT2D eigenvalue weighted by Gasteiger charge is 2.15. The van der Waals surface area contributed by atoms with Crippen molar-refractivity contribution < 1.29 is 9.57 Å². The molecule has 0 atom stereocenters. The number of hydrogen-bond donors (Lipinski definition) is 1. The first-order chi connectivity index (χ1) is 7.04. The van der Waals surface area contributed by atoms with Crippen LogP contribution in [-0.2, 0) is 11.4 Å². The predicted octanol–water partition coefficient (Wildman–Crippen LogP) is 2.77. The van der Waals surface area contributed by atoms with Crippen molar-refractivity contribution >= 4 is 15.9 Å². The Labute approximate surface area is 98.6 Å². The second-order valence-corrected chi connectivity index (χ2v) is 4.30. The fourth-order valence-corrected chi connectivity index (χ4v) is 2.39. The smallest absolute Gasteiger partial charge is 0.136 e. The Morgan fingerprint density at radius 3 is 2.20 bits per heavy atom. The van der Waals surface area contributed by atoms with Crippen LogP contribution in [0.4, 0.5) is 0 Å². The Balaban J connectivity index is 3.44. The van der Waals surface area contributed by atoms with Crippen LogP contribution in [-0.4, -0.2) is 7.11 Å². The maximum Gasteiger partial charge on any atom is 0.136 e. The molecule has 0 unspecified atom stereocenters. The van der Waals surface area contributed by atoms with Crippen LogP contribution in [0, 0.1) is 20.8 Å². The van der Waals surface area contributed by atoms with Crippen molar-refractivity contribution in [3.05, 3.63) is 26.7 Å². The molecule has 0 amide bonds. The van der Waals surface area contributed by atoms with Gasteiger partial charge in [0.15, 0.2) is 0 Å². The van der Waals surface area contributed by atoms with Crippen LogP contribution in [0.3, 0.4) is 0 Å². The summed E-state index contributed by atoms with van der Waals surface area (Å²) in [4.78, 5) is 4.71. The van der Waals surface area contributed by atoms with Gasteiger partial charge in [-0.05, 0) is 59.0 Å². The van der Waals surface area contributed by atoms with Gasteiger partial charge in [-0.1, -0.05) is 0 Å². The van der Waals surface area contributed by atoms with Crippen LogP contribution in [0.1, 0.15) is 22.3 Å². The Hall–Kier alpha value is -0.580. The van der Waals surface area contributed by atoms with E-state index >= 15 is 0 Å². The molecule has 1 aromatic rings. The topological polar surface area (TPSA) is 44.5 Å². The van der Waals surface area contributed by atoms with Gasteiger partial charge in [-0.3, -0.25) is 4.84 Å². The molecule has 0 fully saturated rings. The Kier molecular flexibility index (Phi) is 4.13. The zero-order valence-electron chi connectivity index (χ0n) is 9.48. The van der Waals surface area contributed by atoms with Crippen molar-refractivity contribution in [2.24, 2.45) is 5.90 Å². The lowest BCUT2D eigenvalue weighted by atomic mass is 9.98. The molecule has 0 aliphatic rings. The molecule has 0 saturated heterocycles. The molecule has 15 heavy (non-hydrogen) atoms. The van der Waals surface area contributed by atoms with E-state index in [-0.39, 0.29) is 0 Å². The molecule has 1 aromatic carbocycles. The third kappa shape index (κ3) is 2.17. The molecular weight excluding hydrogens is 258 g/mol. The molecule has 0 heterocycles. The minimum absolute atomic E-state index is 0.418. The van der Waals surface area contributed by atoms with E-state index in [0.717, 1.165) is 32.5 Å². The highest BCUT2D eigenvalue weighted by Crippen LogP contribution is 2.37. The minimum Gasteiger partial charge on any atom is -0.495 e. The fourth-order valence-electron chi connectivity index (χ4n) is 1.69. The number of ether oxygens (including phenoxy) is 1. The number of methoxy groups -OCH3 is 1. The first kappa shape index (κ1) is 12.5. The van der Waals surface area contributed by atoms with Gasteiger partial charge in [0.2, 0.25) is 0 Å². The van der Waals surface area contributed by atoms with Gasteiger partial charge in [-0.15, -0.1) is 0 Å². The molecule has 0 aliphatic carbocycles. The maximum atomic E-state index is 5.35. The summed E-state index contributed by atoms with van der Waals surface area (Å²) < 4.78 is 6.32. The molecule has 0 aliphatic heterocycles. The van der Waals surface area contributed by atoms with Crippen LogP contribution >= 0.6 is 15.9 Å². The standard InChI is InChI=1S/C11H16BrNO2/c1-6-7(2)11(14-4)10(12)8(3)9(6)5-15-13/h5,13H2,1-4H3. The summed E-state index contributed by atoms with van der Waals surface area (Å²) in [6.45, 7) is 6.51. The normalized spacial score (nSPS) is 10.5. The highest BCUT2D eigenvalue weighted by molar-refractivity contribution is 9.10. The largest absolute Gasteiger partial charge is 0.495 e. The molecule has 84 valence electrons. The van der Waals surface area contributed by atoms with E-state index in [0.29, 0.717) is 6.61 Å². The Bertz CT molecular complexity index is 348. The van der Waals surface area contributed by atoms with Gasteiger partial charge in [-0.25, -0.2) is 5.90 Å². The van der Waals surface area contributed by atoms with Gasteiger partial charge in [0.25, 0.3) is 0 Å². The highest BCUT2D eigenvalue weighted by atomic mass is 79.9. The van der Waals surface area contributed by atoms with Gasteiger partial charge >= 0.3 is 0 Å². The van der Waals surface area contributed by atoms with E-state index in [4.69, 9.17) is 15.5 Å². The summed E-state index contributed by atoms with van der Waals surface area (Å²) in [5.41, 5.74) is 4.50. The maximum absolute atomic E-state index is 5.35. The number of benzene rings is 1. The van der Waals surface area contributed by atoms with Crippen molar-refractivity contribution in [2.45, 2.75) is 27.4 Å². The molecule has 0 spiro atoms. The SMILES string of the molecule is COc1c(C)c(C)c(CON)c(C)c1Br. The summed E-state index contributed by atoms with van der Waals surface area (Å²) in [6.07, 6.45) is 0. The van der Waals surface area contributed by atoms with Crippen molar-refractivity contribution in [1.29, 1.82) is 0 Å². The summed E-state index contributed by atoms with van der Waals surface area (Å²) in [7, 11) is 1.67. The van der Waals surface area contributed by atoms with E-state index in [1.165, 1.54) is 0 Å². The summed E-state index contributed by atoms with van der Waals surface area (Å²) in [5.74, 6) is 6.00. The molecule has 2 N–H and O–H groups in total. The quantitative estimate of drug-likeness (QED) is 0.862. The van der Waals surface area contributed by atoms with Crippen LogP contribution in [0.5, 0.6) is 5.75 Å². The van der Waals surface area contributed by atoms with Gasteiger partial charge in [0.1, 0.15) is 5.75 Å². The molecule has 0 saturated carbocycles. The fraction of sp³-hybridized carbons (Fsp3) is 0.455. The van der Waals surface area contributed by atoms with E-state index in [1.54, 1.807) is 7.11 Å². The average molecular weight is 274 g/mol. The van der Waals surface area contributed by atoms with E-state index in [2.05, 4.69) is 15.9 Å². The molecule has 0 aromatic heterocycles. The van der Waals surface area contributed by atoms with Crippen LogP contribution in [0.15, 0.2) is 4.47 Å². The van der Waals surface area contributed by atoms with Gasteiger partial charge in [0.05, 0.1) is 18.2 Å². The number of halogens is 1. The molecular formula is C11H16BrNO2. The lowest BCUT2D eigenvalue weighted by Gasteiger charge is -2.17. The van der Waals surface area contributed by atoms with Gasteiger partial charge in [-0.2, -0.15) is 0 Å². The zero-order chi connectivity index (χ0) is 11.6. The third-order valence-electron chi connectivity index (χ3n) is 2.77. The van der Waals surface area contributed by atoms with Crippen molar-refractivity contribution in [1.82, 2.24) is 0 Å². The zero-order valence-corrected chi connectivity index (χ0v) is 11.1. The molecule has 4 heteroatoms. The van der Waals surface area contributed by atoms with E-state index in [1.807, 2.05) is 20.8 Å². The Morgan fingerprint density at radius 1 is 1.13 bits per heavy atom. The average Bonchev–Trinajstić information content (AvgIpc) is 2.23. The van der Waals surface area contributed by atoms with E-state index in [9.17, 15) is 0 Å². The first-order valence-corrected chi connectivity index (χ1v) is 5.47. The van der Waals surface area contributed by atoms with Crippen molar-refractivity contribution in [3.63, 3.8) is 0 Å². The molecule has 3 nitrogen and oxygen atoms in total. The second kappa shape index (κ2) is 4.96. The monoisotopic (exact) mass is 273 g/mol. The summed E-state index contributed by atoms with van der Waals surface area (Å²) >= 11 is 3.52. The Morgan fingerprint density at radius 2 is 1.73 bits per heavy atom. The van der Waals surface area contributed by atoms with Gasteiger partial charge in [0, 0.05) is 0 Å². The van der Waals surface area contributed by atoms with Crippen molar-refractivity contribution in [2.75, 3.05) is 7.11 Å². The van der Waals surface area contributed by atoms with Crippen molar-refractivity contribution in [3.8, 4) is 5.75 Å². The second-order valence-electron chi connectivity index (χ2n) is 3.51. The van der Waals surface area contributed by atoms with Crippen LogP contribution in [0.2, 0.25) is 0 Å². The number of nitrogens with two attached hydrogens (primary N) is 1. The number of hydrogen-bond acceptors (Lipinski definition) is 3. The third-order valence-corrected chi connectivity index (χ3v) is 3.72. The molecule has 0 bridgehead atoms. The lowest BCUT2D eigenvalue weighted by molar-refractivity contribution is 0.123. The van der Waals surface area contributed by atoms with Crippen LogP contribution in [0.25, 0.3) is 0 Å². The van der Waals surface area contributed by atoms with Gasteiger partial charge < -0.3 is 4.74 Å². The predicted molar refractivity (Wildman–Crippen MR) is 63.9 cm³/mol. The first-order valence-electron chi connectivity index (χ1n) is 4.68. The van der Waals surface area contributed by atoms with Crippen LogP contribution < -0.4 is 10.6 Å². The molecule has 1 rings (SSSR count). The number of rotatable bonds is 3. The summed E-state index contributed by atoms with van der Waals surface area (Å²) in [5, 5.41) is 0. The molecule has 0 radical (unpaired) electrons. The van der Waals surface area contributed by atoms with E-state index < -0.39 is 0 Å².